The first-order valence-corrected chi connectivity index (χ1v) is 9.80. The van der Waals surface area contributed by atoms with Gasteiger partial charge in [-0.2, -0.15) is 8.42 Å². The predicted octanol–water partition coefficient (Wildman–Crippen LogP) is -0.954. The standard InChI is InChI=1S/C15H22O12S/c1-7(16)22-6-11-12(23-8(2)17)13(24-9(3)18)14(27-28(5,20)21)15(26-11)25-10(4)19/h11-15H,6H2,1-5H3/t11-,12-,13+,14+,15-/m1/s1. The summed E-state index contributed by atoms with van der Waals surface area (Å²) < 4.78 is 53.6. The van der Waals surface area contributed by atoms with E-state index in [2.05, 4.69) is 0 Å². The number of hydrogen-bond acceptors (Lipinski definition) is 12. The maximum atomic E-state index is 11.7. The first-order chi connectivity index (χ1) is 12.8. The van der Waals surface area contributed by atoms with Crippen molar-refractivity contribution in [1.29, 1.82) is 0 Å². The molecule has 160 valence electrons. The number of hydrogen-bond donors (Lipinski definition) is 0. The quantitative estimate of drug-likeness (QED) is 0.279. The Kier molecular flexibility index (Phi) is 8.32. The lowest BCUT2D eigenvalue weighted by Gasteiger charge is -2.43. The first kappa shape index (κ1) is 23.8. The molecule has 28 heavy (non-hydrogen) atoms. The molecule has 1 aliphatic heterocycles. The monoisotopic (exact) mass is 426 g/mol. The molecule has 1 aliphatic rings. The van der Waals surface area contributed by atoms with Gasteiger partial charge in [-0.1, -0.05) is 0 Å². The van der Waals surface area contributed by atoms with Crippen molar-refractivity contribution in [3.8, 4) is 0 Å². The molecule has 0 aromatic heterocycles. The third-order valence-corrected chi connectivity index (χ3v) is 3.79. The molecule has 13 heteroatoms. The minimum atomic E-state index is -4.14. The first-order valence-electron chi connectivity index (χ1n) is 7.99. The van der Waals surface area contributed by atoms with E-state index in [1.807, 2.05) is 0 Å². The van der Waals surface area contributed by atoms with E-state index in [4.69, 9.17) is 27.9 Å². The van der Waals surface area contributed by atoms with Crippen LogP contribution in [0.2, 0.25) is 0 Å². The Labute approximate surface area is 161 Å². The SMILES string of the molecule is CC(=O)OC[C@H]1O[C@@H](OC(C)=O)[C@@H](OS(C)(=O)=O)[C@@H](OC(C)=O)[C@@H]1OC(C)=O. The van der Waals surface area contributed by atoms with Crippen LogP contribution in [0.25, 0.3) is 0 Å². The zero-order valence-corrected chi connectivity index (χ0v) is 16.7. The van der Waals surface area contributed by atoms with Crippen LogP contribution in [0.5, 0.6) is 0 Å². The summed E-state index contributed by atoms with van der Waals surface area (Å²) in [6.45, 7) is 3.76. The summed E-state index contributed by atoms with van der Waals surface area (Å²) >= 11 is 0. The van der Waals surface area contributed by atoms with Gasteiger partial charge in [0.15, 0.2) is 18.3 Å². The second kappa shape index (κ2) is 9.80. The van der Waals surface area contributed by atoms with Crippen LogP contribution in [-0.4, -0.2) is 75.9 Å². The number of carbonyl (C=O) groups is 4. The van der Waals surface area contributed by atoms with Gasteiger partial charge in [0.2, 0.25) is 6.29 Å². The van der Waals surface area contributed by atoms with Crippen molar-refractivity contribution < 1.29 is 55.5 Å². The summed E-state index contributed by atoms with van der Waals surface area (Å²) in [5.41, 5.74) is 0. The summed E-state index contributed by atoms with van der Waals surface area (Å²) in [5, 5.41) is 0. The lowest BCUT2D eigenvalue weighted by Crippen LogP contribution is -2.63. The highest BCUT2D eigenvalue weighted by Gasteiger charge is 2.53. The summed E-state index contributed by atoms with van der Waals surface area (Å²) in [4.78, 5) is 45.6. The third-order valence-electron chi connectivity index (χ3n) is 3.21. The van der Waals surface area contributed by atoms with Crippen LogP contribution in [0.1, 0.15) is 27.7 Å². The van der Waals surface area contributed by atoms with E-state index in [9.17, 15) is 27.6 Å². The van der Waals surface area contributed by atoms with Crippen LogP contribution in [-0.2, 0) is 57.2 Å². The van der Waals surface area contributed by atoms with E-state index in [1.165, 1.54) is 0 Å². The molecule has 0 aromatic rings. The Morgan fingerprint density at radius 3 is 1.71 bits per heavy atom. The molecule has 1 rings (SSSR count). The molecule has 5 atom stereocenters. The molecule has 1 fully saturated rings. The number of carbonyl (C=O) groups excluding carboxylic acids is 4. The van der Waals surface area contributed by atoms with Crippen LogP contribution in [0.15, 0.2) is 0 Å². The van der Waals surface area contributed by atoms with Crippen molar-refractivity contribution in [3.63, 3.8) is 0 Å². The summed E-state index contributed by atoms with van der Waals surface area (Å²) in [6.07, 6.45) is -6.84. The zero-order valence-electron chi connectivity index (χ0n) is 15.9. The van der Waals surface area contributed by atoms with Gasteiger partial charge in [-0.25, -0.2) is 0 Å². The van der Waals surface area contributed by atoms with Crippen LogP contribution in [0, 0.1) is 0 Å². The van der Waals surface area contributed by atoms with Gasteiger partial charge in [-0.15, -0.1) is 0 Å². The van der Waals surface area contributed by atoms with Crippen molar-refractivity contribution in [2.24, 2.45) is 0 Å². The van der Waals surface area contributed by atoms with Gasteiger partial charge in [0.1, 0.15) is 12.7 Å². The molecule has 0 radical (unpaired) electrons. The topological polar surface area (TPSA) is 158 Å². The lowest BCUT2D eigenvalue weighted by atomic mass is 9.98. The molecule has 0 unspecified atom stereocenters. The van der Waals surface area contributed by atoms with E-state index >= 15 is 0 Å². The molecule has 0 aromatic carbocycles. The minimum Gasteiger partial charge on any atom is -0.463 e. The molecule has 0 spiro atoms. The van der Waals surface area contributed by atoms with Gasteiger partial charge < -0.3 is 23.7 Å². The highest BCUT2D eigenvalue weighted by atomic mass is 32.2. The summed E-state index contributed by atoms with van der Waals surface area (Å²) in [5.74, 6) is -3.22. The molecular weight excluding hydrogens is 404 g/mol. The van der Waals surface area contributed by atoms with Crippen LogP contribution >= 0.6 is 0 Å². The van der Waals surface area contributed by atoms with Gasteiger partial charge in [-0.3, -0.25) is 23.4 Å². The third kappa shape index (κ3) is 7.78. The fourth-order valence-electron chi connectivity index (χ4n) is 2.43. The second-order valence-corrected chi connectivity index (χ2v) is 7.47. The van der Waals surface area contributed by atoms with Crippen molar-refractivity contribution in [2.45, 2.75) is 58.4 Å². The van der Waals surface area contributed by atoms with Gasteiger partial charge in [0.05, 0.1) is 6.26 Å². The van der Waals surface area contributed by atoms with E-state index in [0.29, 0.717) is 6.26 Å². The largest absolute Gasteiger partial charge is 0.463 e. The maximum absolute atomic E-state index is 11.7. The van der Waals surface area contributed by atoms with Crippen molar-refractivity contribution in [1.82, 2.24) is 0 Å². The molecule has 1 heterocycles. The Morgan fingerprint density at radius 1 is 0.786 bits per heavy atom. The second-order valence-electron chi connectivity index (χ2n) is 5.87. The Morgan fingerprint density at radius 2 is 1.29 bits per heavy atom. The van der Waals surface area contributed by atoms with Crippen molar-refractivity contribution in [2.75, 3.05) is 12.9 Å². The average Bonchev–Trinajstić information content (AvgIpc) is 2.48. The predicted molar refractivity (Wildman–Crippen MR) is 87.9 cm³/mol. The summed E-state index contributed by atoms with van der Waals surface area (Å²) in [6, 6.07) is 0. The highest BCUT2D eigenvalue weighted by molar-refractivity contribution is 7.86. The maximum Gasteiger partial charge on any atom is 0.305 e. The van der Waals surface area contributed by atoms with Crippen molar-refractivity contribution in [3.05, 3.63) is 0 Å². The van der Waals surface area contributed by atoms with Crippen molar-refractivity contribution >= 4 is 34.0 Å². The molecule has 0 N–H and O–H groups in total. The molecular formula is C15H22O12S. The fraction of sp³-hybridized carbons (Fsp3) is 0.733. The van der Waals surface area contributed by atoms with Gasteiger partial charge in [-0.05, 0) is 0 Å². The average molecular weight is 426 g/mol. The fourth-order valence-corrected chi connectivity index (χ4v) is 3.04. The smallest absolute Gasteiger partial charge is 0.305 e. The molecule has 0 aliphatic carbocycles. The Balaban J connectivity index is 3.37. The minimum absolute atomic E-state index is 0.464. The number of esters is 4. The van der Waals surface area contributed by atoms with E-state index < -0.39 is 71.3 Å². The lowest BCUT2D eigenvalue weighted by molar-refractivity contribution is -0.291. The van der Waals surface area contributed by atoms with Gasteiger partial charge >= 0.3 is 23.9 Å². The van der Waals surface area contributed by atoms with Crippen LogP contribution in [0.4, 0.5) is 0 Å². The normalized spacial score (nSPS) is 27.4. The molecule has 12 nitrogen and oxygen atoms in total. The van der Waals surface area contributed by atoms with E-state index in [-0.39, 0.29) is 0 Å². The Bertz CT molecular complexity index is 715. The molecule has 0 bridgehead atoms. The zero-order chi connectivity index (χ0) is 21.6. The number of ether oxygens (including phenoxy) is 5. The molecule has 1 saturated heterocycles. The summed E-state index contributed by atoms with van der Waals surface area (Å²) in [7, 11) is -4.14. The van der Waals surface area contributed by atoms with E-state index in [1.54, 1.807) is 0 Å². The Hall–Kier alpha value is -2.25. The number of rotatable bonds is 7. The van der Waals surface area contributed by atoms with Gasteiger partial charge in [0, 0.05) is 27.7 Å². The molecule has 0 amide bonds. The van der Waals surface area contributed by atoms with Crippen LogP contribution < -0.4 is 0 Å². The van der Waals surface area contributed by atoms with E-state index in [0.717, 1.165) is 27.7 Å². The molecule has 0 saturated carbocycles. The van der Waals surface area contributed by atoms with Crippen LogP contribution in [0.3, 0.4) is 0 Å². The van der Waals surface area contributed by atoms with Gasteiger partial charge in [0.25, 0.3) is 10.1 Å². The highest BCUT2D eigenvalue weighted by Crippen LogP contribution is 2.30.